The molecule has 0 aliphatic heterocycles. The third-order valence-electron chi connectivity index (χ3n) is 2.51. The summed E-state index contributed by atoms with van der Waals surface area (Å²) < 4.78 is 0. The standard InChI is InChI=1S/C14H12N2/c15-10-12-6-7-14(16)13(9-12)8-11-4-2-1-3-5-11/h1-7,9H,8,16H2. The molecule has 0 saturated heterocycles. The molecule has 0 spiro atoms. The van der Waals surface area contributed by atoms with Gasteiger partial charge in [0.05, 0.1) is 11.6 Å². The van der Waals surface area contributed by atoms with E-state index in [0.717, 1.165) is 17.7 Å². The lowest BCUT2D eigenvalue weighted by molar-refractivity contribution is 1.19. The summed E-state index contributed by atoms with van der Waals surface area (Å²) in [5.41, 5.74) is 9.48. The number of nitriles is 1. The van der Waals surface area contributed by atoms with Gasteiger partial charge >= 0.3 is 0 Å². The van der Waals surface area contributed by atoms with Crippen molar-refractivity contribution in [2.24, 2.45) is 0 Å². The number of benzene rings is 2. The van der Waals surface area contributed by atoms with Crippen LogP contribution in [0, 0.1) is 11.3 Å². The van der Waals surface area contributed by atoms with Gasteiger partial charge < -0.3 is 5.73 Å². The average Bonchev–Trinajstić information content (AvgIpc) is 2.33. The SMILES string of the molecule is N#Cc1ccc(N)c(Cc2ccccc2)c1. The van der Waals surface area contributed by atoms with E-state index in [1.165, 1.54) is 5.56 Å². The van der Waals surface area contributed by atoms with Gasteiger partial charge in [0.15, 0.2) is 0 Å². The number of anilines is 1. The molecule has 0 aliphatic rings. The quantitative estimate of drug-likeness (QED) is 0.771. The lowest BCUT2D eigenvalue weighted by Gasteiger charge is -2.06. The topological polar surface area (TPSA) is 49.8 Å². The molecule has 0 amide bonds. The van der Waals surface area contributed by atoms with E-state index >= 15 is 0 Å². The second-order valence-corrected chi connectivity index (χ2v) is 3.69. The number of hydrogen-bond donors (Lipinski definition) is 1. The van der Waals surface area contributed by atoms with Crippen molar-refractivity contribution in [3.8, 4) is 6.07 Å². The fraction of sp³-hybridized carbons (Fsp3) is 0.0714. The first kappa shape index (κ1) is 10.3. The molecule has 0 bridgehead atoms. The summed E-state index contributed by atoms with van der Waals surface area (Å²) in [5, 5.41) is 8.83. The van der Waals surface area contributed by atoms with Gasteiger partial charge in [0.2, 0.25) is 0 Å². The van der Waals surface area contributed by atoms with Gasteiger partial charge in [-0.2, -0.15) is 5.26 Å². The highest BCUT2D eigenvalue weighted by Gasteiger charge is 2.02. The highest BCUT2D eigenvalue weighted by Crippen LogP contribution is 2.17. The van der Waals surface area contributed by atoms with Crippen molar-refractivity contribution >= 4 is 5.69 Å². The fourth-order valence-corrected chi connectivity index (χ4v) is 1.64. The molecule has 0 aromatic heterocycles. The zero-order valence-electron chi connectivity index (χ0n) is 8.85. The van der Waals surface area contributed by atoms with Crippen LogP contribution in [-0.4, -0.2) is 0 Å². The molecule has 0 atom stereocenters. The van der Waals surface area contributed by atoms with Crippen molar-refractivity contribution in [1.29, 1.82) is 5.26 Å². The highest BCUT2D eigenvalue weighted by atomic mass is 14.6. The lowest BCUT2D eigenvalue weighted by Crippen LogP contribution is -1.96. The van der Waals surface area contributed by atoms with Crippen molar-refractivity contribution < 1.29 is 0 Å². The minimum absolute atomic E-state index is 0.653. The fourth-order valence-electron chi connectivity index (χ4n) is 1.64. The second kappa shape index (κ2) is 4.50. The Balaban J connectivity index is 2.31. The van der Waals surface area contributed by atoms with Gasteiger partial charge in [0.1, 0.15) is 0 Å². The van der Waals surface area contributed by atoms with Crippen LogP contribution in [0.5, 0.6) is 0 Å². The maximum absolute atomic E-state index is 8.83. The Labute approximate surface area is 95.0 Å². The van der Waals surface area contributed by atoms with E-state index < -0.39 is 0 Å². The zero-order valence-corrected chi connectivity index (χ0v) is 8.85. The van der Waals surface area contributed by atoms with Crippen molar-refractivity contribution in [3.05, 3.63) is 65.2 Å². The third-order valence-corrected chi connectivity index (χ3v) is 2.51. The predicted molar refractivity (Wildman–Crippen MR) is 64.8 cm³/mol. The molecule has 2 heteroatoms. The molecule has 0 fully saturated rings. The predicted octanol–water partition coefficient (Wildman–Crippen LogP) is 2.73. The maximum atomic E-state index is 8.83. The Kier molecular flexibility index (Phi) is 2.88. The van der Waals surface area contributed by atoms with Crippen LogP contribution < -0.4 is 5.73 Å². The van der Waals surface area contributed by atoms with Gasteiger partial charge in [0.25, 0.3) is 0 Å². The summed E-state index contributed by atoms with van der Waals surface area (Å²) in [7, 11) is 0. The molecule has 2 aromatic rings. The first-order valence-corrected chi connectivity index (χ1v) is 5.12. The molecule has 0 heterocycles. The Morgan fingerprint density at radius 1 is 1.06 bits per heavy atom. The Morgan fingerprint density at radius 3 is 2.50 bits per heavy atom. The molecular formula is C14H12N2. The number of hydrogen-bond acceptors (Lipinski definition) is 2. The summed E-state index contributed by atoms with van der Waals surface area (Å²) in [6.45, 7) is 0. The van der Waals surface area contributed by atoms with Crippen LogP contribution in [0.2, 0.25) is 0 Å². The van der Waals surface area contributed by atoms with Crippen LogP contribution in [0.3, 0.4) is 0 Å². The Morgan fingerprint density at radius 2 is 1.81 bits per heavy atom. The maximum Gasteiger partial charge on any atom is 0.0991 e. The molecule has 0 saturated carbocycles. The van der Waals surface area contributed by atoms with E-state index in [9.17, 15) is 0 Å². The molecule has 2 nitrogen and oxygen atoms in total. The van der Waals surface area contributed by atoms with Gasteiger partial charge in [0, 0.05) is 5.69 Å². The molecule has 0 aliphatic carbocycles. The molecule has 16 heavy (non-hydrogen) atoms. The van der Waals surface area contributed by atoms with Crippen LogP contribution in [-0.2, 0) is 6.42 Å². The van der Waals surface area contributed by atoms with Gasteiger partial charge in [-0.05, 0) is 35.7 Å². The molecule has 78 valence electrons. The largest absolute Gasteiger partial charge is 0.398 e. The molecule has 0 unspecified atom stereocenters. The smallest absolute Gasteiger partial charge is 0.0991 e. The number of nitrogen functional groups attached to an aromatic ring is 1. The summed E-state index contributed by atoms with van der Waals surface area (Å²) >= 11 is 0. The van der Waals surface area contributed by atoms with Gasteiger partial charge in [-0.1, -0.05) is 30.3 Å². The van der Waals surface area contributed by atoms with E-state index in [2.05, 4.69) is 18.2 Å². The van der Waals surface area contributed by atoms with E-state index in [4.69, 9.17) is 11.0 Å². The van der Waals surface area contributed by atoms with Crippen molar-refractivity contribution in [1.82, 2.24) is 0 Å². The van der Waals surface area contributed by atoms with Crippen molar-refractivity contribution in [2.45, 2.75) is 6.42 Å². The van der Waals surface area contributed by atoms with Crippen molar-refractivity contribution in [3.63, 3.8) is 0 Å². The monoisotopic (exact) mass is 208 g/mol. The summed E-state index contributed by atoms with van der Waals surface area (Å²) in [5.74, 6) is 0. The molecule has 0 radical (unpaired) electrons. The van der Waals surface area contributed by atoms with E-state index in [0.29, 0.717) is 5.56 Å². The van der Waals surface area contributed by atoms with E-state index in [1.54, 1.807) is 12.1 Å². The van der Waals surface area contributed by atoms with Crippen molar-refractivity contribution in [2.75, 3.05) is 5.73 Å². The summed E-state index contributed by atoms with van der Waals surface area (Å²) in [4.78, 5) is 0. The van der Waals surface area contributed by atoms with Gasteiger partial charge in [-0.3, -0.25) is 0 Å². The highest BCUT2D eigenvalue weighted by molar-refractivity contribution is 5.52. The zero-order chi connectivity index (χ0) is 11.4. The molecule has 2 aromatic carbocycles. The first-order chi connectivity index (χ1) is 7.79. The second-order valence-electron chi connectivity index (χ2n) is 3.69. The Bertz CT molecular complexity index is 524. The number of nitrogens with two attached hydrogens (primary N) is 1. The van der Waals surface area contributed by atoms with Crippen LogP contribution in [0.1, 0.15) is 16.7 Å². The van der Waals surface area contributed by atoms with Crippen LogP contribution in [0.4, 0.5) is 5.69 Å². The van der Waals surface area contributed by atoms with Crippen LogP contribution >= 0.6 is 0 Å². The van der Waals surface area contributed by atoms with Crippen LogP contribution in [0.15, 0.2) is 48.5 Å². The third kappa shape index (κ3) is 2.21. The lowest BCUT2D eigenvalue weighted by atomic mass is 10.0. The molecule has 2 rings (SSSR count). The minimum Gasteiger partial charge on any atom is -0.398 e. The summed E-state index contributed by atoms with van der Waals surface area (Å²) in [6, 6.07) is 17.6. The van der Waals surface area contributed by atoms with Gasteiger partial charge in [-0.15, -0.1) is 0 Å². The normalized spacial score (nSPS) is 9.69. The van der Waals surface area contributed by atoms with E-state index in [-0.39, 0.29) is 0 Å². The first-order valence-electron chi connectivity index (χ1n) is 5.12. The molecular weight excluding hydrogens is 196 g/mol. The summed E-state index contributed by atoms with van der Waals surface area (Å²) in [6.07, 6.45) is 0.766. The van der Waals surface area contributed by atoms with Gasteiger partial charge in [-0.25, -0.2) is 0 Å². The average molecular weight is 208 g/mol. The Hall–Kier alpha value is -2.27. The minimum atomic E-state index is 0.653. The van der Waals surface area contributed by atoms with Crippen LogP contribution in [0.25, 0.3) is 0 Å². The molecule has 2 N–H and O–H groups in total. The van der Waals surface area contributed by atoms with E-state index in [1.807, 2.05) is 24.3 Å². The number of nitrogens with zero attached hydrogens (tertiary/aromatic N) is 1. The number of rotatable bonds is 2.